The van der Waals surface area contributed by atoms with Crippen molar-refractivity contribution in [2.75, 3.05) is 20.8 Å². The zero-order valence-electron chi connectivity index (χ0n) is 17.0. The highest BCUT2D eigenvalue weighted by atomic mass is 16.5. The van der Waals surface area contributed by atoms with Crippen LogP contribution in [0, 0.1) is 0 Å². The van der Waals surface area contributed by atoms with Crippen LogP contribution >= 0.6 is 0 Å². The van der Waals surface area contributed by atoms with Gasteiger partial charge < -0.3 is 18.6 Å². The fourth-order valence-corrected chi connectivity index (χ4v) is 2.78. The normalized spacial score (nSPS) is 11.4. The average molecular weight is 389 g/mol. The number of rotatable bonds is 9. The van der Waals surface area contributed by atoms with Gasteiger partial charge in [0.05, 0.1) is 20.3 Å². The van der Waals surface area contributed by atoms with Gasteiger partial charge in [-0.15, -0.1) is 0 Å². The summed E-state index contributed by atoms with van der Waals surface area (Å²) in [6.45, 7) is 6.23. The van der Waals surface area contributed by atoms with Crippen molar-refractivity contribution < 1.29 is 23.4 Å². The highest BCUT2D eigenvalue weighted by Crippen LogP contribution is 2.34. The topological polar surface area (TPSA) is 87.3 Å². The summed E-state index contributed by atoms with van der Waals surface area (Å²) in [5, 5.41) is 0.579. The van der Waals surface area contributed by atoms with E-state index < -0.39 is 11.6 Å². The van der Waals surface area contributed by atoms with Crippen molar-refractivity contribution in [3.8, 4) is 11.5 Å². The van der Waals surface area contributed by atoms with E-state index in [1.807, 2.05) is 0 Å². The molecule has 7 heteroatoms. The van der Waals surface area contributed by atoms with Gasteiger partial charge >= 0.3 is 11.6 Å². The van der Waals surface area contributed by atoms with Crippen molar-refractivity contribution in [2.45, 2.75) is 46.1 Å². The number of carbonyl (C=O) groups is 1. The number of carbonyl (C=O) groups excluding carboxylic acids is 1. The Balaban J connectivity index is 2.65. The van der Waals surface area contributed by atoms with Gasteiger partial charge in [-0.2, -0.15) is 0 Å². The van der Waals surface area contributed by atoms with Gasteiger partial charge in [0.1, 0.15) is 11.1 Å². The molecule has 0 aliphatic rings. The van der Waals surface area contributed by atoms with Gasteiger partial charge in [0, 0.05) is 30.6 Å². The SMILES string of the molecule is CCCCN=CCc1c(C(=O)OC(C)C)c(=O)oc2cc(OC)c(OC)cc12. The minimum absolute atomic E-state index is 0.115. The summed E-state index contributed by atoms with van der Waals surface area (Å²) in [4.78, 5) is 29.5. The predicted octanol–water partition coefficient (Wildman–Crippen LogP) is 3.79. The molecule has 0 saturated carbocycles. The van der Waals surface area contributed by atoms with Crippen molar-refractivity contribution in [1.82, 2.24) is 0 Å². The highest BCUT2D eigenvalue weighted by molar-refractivity contribution is 5.98. The van der Waals surface area contributed by atoms with E-state index in [1.165, 1.54) is 14.2 Å². The summed E-state index contributed by atoms with van der Waals surface area (Å²) in [6, 6.07) is 3.27. The molecule has 0 aliphatic carbocycles. The first-order chi connectivity index (χ1) is 13.4. The molecule has 0 atom stereocenters. The third kappa shape index (κ3) is 4.91. The maximum absolute atomic E-state index is 12.6. The molecule has 0 spiro atoms. The van der Waals surface area contributed by atoms with Crippen LogP contribution in [0.5, 0.6) is 11.5 Å². The molecule has 0 bridgehead atoms. The van der Waals surface area contributed by atoms with Gasteiger partial charge in [0.15, 0.2) is 11.5 Å². The Kier molecular flexibility index (Phi) is 7.61. The van der Waals surface area contributed by atoms with E-state index in [0.717, 1.165) is 12.8 Å². The number of ether oxygens (including phenoxy) is 3. The van der Waals surface area contributed by atoms with Crippen LogP contribution in [0.25, 0.3) is 11.0 Å². The van der Waals surface area contributed by atoms with Gasteiger partial charge in [0.2, 0.25) is 0 Å². The zero-order valence-corrected chi connectivity index (χ0v) is 17.0. The van der Waals surface area contributed by atoms with Gasteiger partial charge in [-0.3, -0.25) is 4.99 Å². The summed E-state index contributed by atoms with van der Waals surface area (Å²) in [5.74, 6) is 0.187. The van der Waals surface area contributed by atoms with Gasteiger partial charge in [-0.05, 0) is 31.9 Å². The molecule has 152 valence electrons. The van der Waals surface area contributed by atoms with Crippen LogP contribution in [0.3, 0.4) is 0 Å². The maximum atomic E-state index is 12.6. The van der Waals surface area contributed by atoms with Crippen molar-refractivity contribution in [2.24, 2.45) is 4.99 Å². The van der Waals surface area contributed by atoms with E-state index in [4.69, 9.17) is 18.6 Å². The summed E-state index contributed by atoms with van der Waals surface area (Å²) in [7, 11) is 3.01. The second kappa shape index (κ2) is 9.92. The second-order valence-electron chi connectivity index (χ2n) is 6.55. The summed E-state index contributed by atoms with van der Waals surface area (Å²) in [5.41, 5.74) is -0.0588. The molecule has 0 saturated heterocycles. The van der Waals surface area contributed by atoms with Crippen LogP contribution in [0.4, 0.5) is 0 Å². The second-order valence-corrected chi connectivity index (χ2v) is 6.55. The van der Waals surface area contributed by atoms with E-state index in [9.17, 15) is 9.59 Å². The number of nitrogens with zero attached hydrogens (tertiary/aromatic N) is 1. The number of hydrogen-bond acceptors (Lipinski definition) is 7. The Morgan fingerprint density at radius 2 is 1.89 bits per heavy atom. The number of aliphatic imine (C=N–C) groups is 1. The van der Waals surface area contributed by atoms with Crippen LogP contribution in [0.1, 0.15) is 49.5 Å². The Hall–Kier alpha value is -2.83. The van der Waals surface area contributed by atoms with Crippen molar-refractivity contribution in [3.63, 3.8) is 0 Å². The fourth-order valence-electron chi connectivity index (χ4n) is 2.78. The summed E-state index contributed by atoms with van der Waals surface area (Å²) >= 11 is 0. The lowest BCUT2D eigenvalue weighted by molar-refractivity contribution is 0.0372. The predicted molar refractivity (Wildman–Crippen MR) is 108 cm³/mol. The van der Waals surface area contributed by atoms with Gasteiger partial charge in [-0.25, -0.2) is 9.59 Å². The summed E-state index contributed by atoms with van der Waals surface area (Å²) in [6.07, 6.45) is 3.66. The lowest BCUT2D eigenvalue weighted by Gasteiger charge is -2.14. The largest absolute Gasteiger partial charge is 0.493 e. The zero-order chi connectivity index (χ0) is 20.7. The molecular formula is C21H27NO6. The molecule has 0 unspecified atom stereocenters. The first-order valence-corrected chi connectivity index (χ1v) is 9.33. The van der Waals surface area contributed by atoms with E-state index in [0.29, 0.717) is 41.0 Å². The third-order valence-corrected chi connectivity index (χ3v) is 4.13. The number of esters is 1. The van der Waals surface area contributed by atoms with E-state index in [2.05, 4.69) is 11.9 Å². The Labute approximate surface area is 164 Å². The molecule has 0 fully saturated rings. The molecule has 0 aliphatic heterocycles. The number of methoxy groups -OCH3 is 2. The quantitative estimate of drug-likeness (QED) is 0.281. The summed E-state index contributed by atoms with van der Waals surface area (Å²) < 4.78 is 21.3. The fraction of sp³-hybridized carbons (Fsp3) is 0.476. The van der Waals surface area contributed by atoms with Crippen molar-refractivity contribution >= 4 is 23.2 Å². The molecule has 0 N–H and O–H groups in total. The number of unbranched alkanes of at least 4 members (excludes halogenated alkanes) is 1. The van der Waals surface area contributed by atoms with Crippen molar-refractivity contribution in [1.29, 1.82) is 0 Å². The minimum Gasteiger partial charge on any atom is -0.493 e. The first-order valence-electron chi connectivity index (χ1n) is 9.33. The van der Waals surface area contributed by atoms with Crippen LogP contribution in [-0.2, 0) is 11.2 Å². The molecule has 1 heterocycles. The highest BCUT2D eigenvalue weighted by Gasteiger charge is 2.24. The lowest BCUT2D eigenvalue weighted by Crippen LogP contribution is -2.22. The number of hydrogen-bond donors (Lipinski definition) is 0. The van der Waals surface area contributed by atoms with E-state index >= 15 is 0 Å². The van der Waals surface area contributed by atoms with Gasteiger partial charge in [0.25, 0.3) is 0 Å². The molecule has 2 aromatic rings. The monoisotopic (exact) mass is 389 g/mol. The number of benzene rings is 1. The first kappa shape index (κ1) is 21.5. The Morgan fingerprint density at radius 3 is 2.50 bits per heavy atom. The average Bonchev–Trinajstić information content (AvgIpc) is 2.65. The Morgan fingerprint density at radius 1 is 1.21 bits per heavy atom. The smallest absolute Gasteiger partial charge is 0.351 e. The third-order valence-electron chi connectivity index (χ3n) is 4.13. The van der Waals surface area contributed by atoms with E-state index in [-0.39, 0.29) is 11.7 Å². The van der Waals surface area contributed by atoms with Crippen LogP contribution < -0.4 is 15.1 Å². The molecule has 2 rings (SSSR count). The Bertz CT molecular complexity index is 913. The molecule has 0 amide bonds. The molecular weight excluding hydrogens is 362 g/mol. The number of fused-ring (bicyclic) bond motifs is 1. The standard InChI is InChI=1S/C21H27NO6/c1-6-7-9-22-10-8-14-15-11-17(25-4)18(26-5)12-16(15)28-21(24)19(14)20(23)27-13(2)3/h10-13H,6-9H2,1-5H3. The lowest BCUT2D eigenvalue weighted by atomic mass is 10.0. The molecule has 7 nitrogen and oxygen atoms in total. The van der Waals surface area contributed by atoms with E-state index in [1.54, 1.807) is 32.2 Å². The molecule has 0 radical (unpaired) electrons. The van der Waals surface area contributed by atoms with Crippen LogP contribution in [0.15, 0.2) is 26.3 Å². The molecule has 28 heavy (non-hydrogen) atoms. The van der Waals surface area contributed by atoms with Crippen LogP contribution in [0.2, 0.25) is 0 Å². The maximum Gasteiger partial charge on any atom is 0.351 e. The van der Waals surface area contributed by atoms with Crippen LogP contribution in [-0.4, -0.2) is 39.1 Å². The minimum atomic E-state index is -0.748. The molecule has 1 aromatic carbocycles. The molecule has 1 aromatic heterocycles. The van der Waals surface area contributed by atoms with Gasteiger partial charge in [-0.1, -0.05) is 13.3 Å². The van der Waals surface area contributed by atoms with Crippen molar-refractivity contribution in [3.05, 3.63) is 33.7 Å².